The summed E-state index contributed by atoms with van der Waals surface area (Å²) >= 11 is 0. The van der Waals surface area contributed by atoms with Gasteiger partial charge in [-0.15, -0.1) is 0 Å². The Morgan fingerprint density at radius 1 is 0.667 bits per heavy atom. The van der Waals surface area contributed by atoms with Crippen molar-refractivity contribution in [3.63, 3.8) is 0 Å². The summed E-state index contributed by atoms with van der Waals surface area (Å²) in [5.41, 5.74) is 0.553. The largest absolute Gasteiger partial charge is 0.382 e. The second kappa shape index (κ2) is 12.2. The van der Waals surface area contributed by atoms with Crippen LogP contribution in [0.25, 0.3) is 0 Å². The van der Waals surface area contributed by atoms with Crippen LogP contribution in [0.5, 0.6) is 0 Å². The van der Waals surface area contributed by atoms with Gasteiger partial charge >= 0.3 is 0 Å². The van der Waals surface area contributed by atoms with Crippen molar-refractivity contribution in [1.29, 1.82) is 0 Å². The maximum Gasteiger partial charge on any atom is 0.261 e. The van der Waals surface area contributed by atoms with Crippen molar-refractivity contribution in [2.24, 2.45) is 0 Å². The first-order valence-electron chi connectivity index (χ1n) is 11.0. The number of hydrogen-bond donors (Lipinski definition) is 1. The summed E-state index contributed by atoms with van der Waals surface area (Å²) in [7, 11) is 0. The molecule has 0 amide bonds. The van der Waals surface area contributed by atoms with Crippen LogP contribution < -0.4 is 0 Å². The van der Waals surface area contributed by atoms with Gasteiger partial charge in [-0.2, -0.15) is 0 Å². The van der Waals surface area contributed by atoms with Gasteiger partial charge in [-0.25, -0.2) is 0 Å². The minimum Gasteiger partial charge on any atom is -0.382 e. The molecule has 0 unspecified atom stereocenters. The molecule has 0 aliphatic heterocycles. The van der Waals surface area contributed by atoms with Gasteiger partial charge in [-0.3, -0.25) is 9.59 Å². The Bertz CT molecular complexity index is 987. The van der Waals surface area contributed by atoms with E-state index in [-0.39, 0.29) is 11.6 Å². The minimum absolute atomic E-state index is 0.182. The van der Waals surface area contributed by atoms with E-state index in [9.17, 15) is 14.7 Å². The molecule has 0 fully saturated rings. The van der Waals surface area contributed by atoms with E-state index in [1.165, 1.54) is 13.8 Å². The molecule has 0 atom stereocenters. The van der Waals surface area contributed by atoms with Gasteiger partial charge in [-0.05, 0) is 27.7 Å². The molecule has 0 aliphatic rings. The van der Waals surface area contributed by atoms with Crippen LogP contribution in [0.3, 0.4) is 0 Å². The summed E-state index contributed by atoms with van der Waals surface area (Å²) in [6.07, 6.45) is 0. The topological polar surface area (TPSA) is 72.8 Å². The number of aliphatic hydroxyl groups is 1. The van der Waals surface area contributed by atoms with E-state index in [2.05, 4.69) is 0 Å². The third-order valence-electron chi connectivity index (χ3n) is 4.78. The van der Waals surface area contributed by atoms with Crippen molar-refractivity contribution in [2.75, 3.05) is 13.2 Å². The van der Waals surface area contributed by atoms with E-state index < -0.39 is 11.4 Å². The van der Waals surface area contributed by atoms with E-state index in [1.807, 2.05) is 68.4 Å². The lowest BCUT2D eigenvalue weighted by Crippen LogP contribution is -2.42. The zero-order valence-corrected chi connectivity index (χ0v) is 19.7. The summed E-state index contributed by atoms with van der Waals surface area (Å²) in [6.45, 7) is 7.45. The highest BCUT2D eigenvalue weighted by Gasteiger charge is 2.42. The van der Waals surface area contributed by atoms with Crippen molar-refractivity contribution in [3.8, 4) is 0 Å². The standard InChI is InChI=1S/C18H20O3.C10H12O2/c1-3-20-18(21-4-2,16-13-9-6-10-14-16)17(19)15-11-7-5-8-12-15;1-10(2,12)9(11)8-6-4-3-5-7-8/h5-14H,3-4H2,1-2H3;3-7,12H,1-2H3. The van der Waals surface area contributed by atoms with E-state index in [4.69, 9.17) is 9.47 Å². The maximum atomic E-state index is 13.0. The summed E-state index contributed by atoms with van der Waals surface area (Å²) in [5.74, 6) is -1.81. The van der Waals surface area contributed by atoms with Crippen LogP contribution in [0.15, 0.2) is 91.0 Å². The third-order valence-corrected chi connectivity index (χ3v) is 4.78. The molecule has 174 valence electrons. The lowest BCUT2D eigenvalue weighted by atomic mass is 9.95. The van der Waals surface area contributed by atoms with Gasteiger partial charge in [0.25, 0.3) is 5.79 Å². The summed E-state index contributed by atoms with van der Waals surface area (Å²) < 4.78 is 11.6. The molecule has 0 bridgehead atoms. The fraction of sp³-hybridized carbons (Fsp3) is 0.286. The Morgan fingerprint density at radius 2 is 1.03 bits per heavy atom. The van der Waals surface area contributed by atoms with Crippen molar-refractivity contribution >= 4 is 11.6 Å². The van der Waals surface area contributed by atoms with Gasteiger partial charge in [0.2, 0.25) is 5.78 Å². The third kappa shape index (κ3) is 6.93. The van der Waals surface area contributed by atoms with Gasteiger partial charge in [0, 0.05) is 29.9 Å². The first-order chi connectivity index (χ1) is 15.8. The number of carbonyl (C=O) groups is 2. The zero-order valence-electron chi connectivity index (χ0n) is 19.7. The SMILES string of the molecule is CC(C)(O)C(=O)c1ccccc1.CCOC(OCC)(C(=O)c1ccccc1)c1ccccc1. The second-order valence-corrected chi connectivity index (χ2v) is 7.80. The average molecular weight is 449 g/mol. The molecule has 0 saturated carbocycles. The Kier molecular flexibility index (Phi) is 9.67. The fourth-order valence-corrected chi connectivity index (χ4v) is 3.26. The molecule has 1 N–H and O–H groups in total. The van der Waals surface area contributed by atoms with Gasteiger partial charge < -0.3 is 14.6 Å². The number of benzene rings is 3. The second-order valence-electron chi connectivity index (χ2n) is 7.80. The molecule has 0 radical (unpaired) electrons. The van der Waals surface area contributed by atoms with Gasteiger partial charge in [-0.1, -0.05) is 91.0 Å². The number of Topliss-reactive ketones (excluding diaryl/α,β-unsaturated/α-hetero) is 2. The monoisotopic (exact) mass is 448 g/mol. The van der Waals surface area contributed by atoms with Crippen LogP contribution in [-0.2, 0) is 15.3 Å². The van der Waals surface area contributed by atoms with Crippen LogP contribution in [0.4, 0.5) is 0 Å². The molecular weight excluding hydrogens is 416 g/mol. The van der Waals surface area contributed by atoms with Gasteiger partial charge in [0.05, 0.1) is 0 Å². The quantitative estimate of drug-likeness (QED) is 0.349. The van der Waals surface area contributed by atoms with Crippen molar-refractivity contribution in [3.05, 3.63) is 108 Å². The van der Waals surface area contributed by atoms with Crippen LogP contribution in [0.1, 0.15) is 54.0 Å². The zero-order chi connectivity index (χ0) is 24.3. The number of ketones is 2. The Balaban J connectivity index is 0.000000273. The Labute approximate surface area is 196 Å². The highest BCUT2D eigenvalue weighted by Crippen LogP contribution is 2.31. The smallest absolute Gasteiger partial charge is 0.261 e. The van der Waals surface area contributed by atoms with Gasteiger partial charge in [0.1, 0.15) is 5.60 Å². The molecule has 3 aromatic carbocycles. The Hall–Kier alpha value is -3.12. The normalized spacial score (nSPS) is 11.3. The maximum absolute atomic E-state index is 13.0. The molecule has 0 aliphatic carbocycles. The lowest BCUT2D eigenvalue weighted by molar-refractivity contribution is -0.204. The van der Waals surface area contributed by atoms with E-state index >= 15 is 0 Å². The summed E-state index contributed by atoms with van der Waals surface area (Å²) in [5, 5.41) is 9.39. The minimum atomic E-state index is -1.38. The van der Waals surface area contributed by atoms with Crippen LogP contribution in [0.2, 0.25) is 0 Å². The fourth-order valence-electron chi connectivity index (χ4n) is 3.26. The summed E-state index contributed by atoms with van der Waals surface area (Å²) in [4.78, 5) is 24.4. The number of carbonyl (C=O) groups excluding carboxylic acids is 2. The summed E-state index contributed by atoms with van der Waals surface area (Å²) in [6, 6.07) is 27.2. The number of hydrogen-bond acceptors (Lipinski definition) is 5. The van der Waals surface area contributed by atoms with E-state index in [1.54, 1.807) is 36.4 Å². The molecular formula is C28H32O5. The van der Waals surface area contributed by atoms with Crippen LogP contribution in [-0.4, -0.2) is 35.5 Å². The van der Waals surface area contributed by atoms with Crippen molar-refractivity contribution < 1.29 is 24.2 Å². The Morgan fingerprint density at radius 3 is 1.39 bits per heavy atom. The molecule has 5 nitrogen and oxygen atoms in total. The van der Waals surface area contributed by atoms with Gasteiger partial charge in [0.15, 0.2) is 5.78 Å². The highest BCUT2D eigenvalue weighted by molar-refractivity contribution is 6.02. The number of ether oxygens (including phenoxy) is 2. The predicted molar refractivity (Wildman–Crippen MR) is 129 cm³/mol. The first-order valence-corrected chi connectivity index (χ1v) is 11.0. The molecule has 0 aromatic heterocycles. The predicted octanol–water partition coefficient (Wildman–Crippen LogP) is 5.44. The first kappa shape index (κ1) is 26.1. The highest BCUT2D eigenvalue weighted by atomic mass is 16.7. The lowest BCUT2D eigenvalue weighted by Gasteiger charge is -2.32. The van der Waals surface area contributed by atoms with Crippen LogP contribution >= 0.6 is 0 Å². The molecule has 3 aromatic rings. The van der Waals surface area contributed by atoms with Crippen molar-refractivity contribution in [2.45, 2.75) is 39.1 Å². The molecule has 0 heterocycles. The number of rotatable bonds is 9. The molecule has 0 saturated heterocycles. The van der Waals surface area contributed by atoms with E-state index in [0.717, 1.165) is 0 Å². The average Bonchev–Trinajstić information content (AvgIpc) is 2.84. The molecule has 3 rings (SSSR count). The van der Waals surface area contributed by atoms with E-state index in [0.29, 0.717) is 29.9 Å². The van der Waals surface area contributed by atoms with Crippen molar-refractivity contribution in [1.82, 2.24) is 0 Å². The molecule has 0 spiro atoms. The molecule has 5 heteroatoms. The van der Waals surface area contributed by atoms with Crippen LogP contribution in [0, 0.1) is 0 Å². The molecule has 33 heavy (non-hydrogen) atoms.